The van der Waals surface area contributed by atoms with Gasteiger partial charge < -0.3 is 19.9 Å². The van der Waals surface area contributed by atoms with Crippen molar-refractivity contribution in [1.82, 2.24) is 10.0 Å². The van der Waals surface area contributed by atoms with E-state index in [4.69, 9.17) is 13.7 Å². The lowest BCUT2D eigenvalue weighted by molar-refractivity contribution is -0.154. The summed E-state index contributed by atoms with van der Waals surface area (Å²) in [6.45, 7) is 5.22. The smallest absolute Gasteiger partial charge is 0.408 e. The van der Waals surface area contributed by atoms with E-state index in [9.17, 15) is 27.9 Å². The number of alkyl carbamates (subject to hydrolysis) is 1. The van der Waals surface area contributed by atoms with Crippen LogP contribution in [0.5, 0.6) is 0 Å². The fourth-order valence-corrected chi connectivity index (χ4v) is 3.34. The molecule has 0 saturated heterocycles. The van der Waals surface area contributed by atoms with Crippen molar-refractivity contribution in [3.8, 4) is 0 Å². The Hall–Kier alpha value is -2.70. The van der Waals surface area contributed by atoms with Crippen LogP contribution in [-0.2, 0) is 40.2 Å². The van der Waals surface area contributed by atoms with Crippen LogP contribution in [0.3, 0.4) is 0 Å². The SMILES string of the molecule is CCOC(=O)C(C)(C)COS(=O)(=O)N[C@@H](C)[C@H](NC(=O)OCc1ccccc1)C(=O)O. The zero-order valence-corrected chi connectivity index (χ0v) is 18.6. The minimum atomic E-state index is -4.45. The van der Waals surface area contributed by atoms with Crippen LogP contribution in [0.1, 0.15) is 33.3 Å². The van der Waals surface area contributed by atoms with Gasteiger partial charge in [0.15, 0.2) is 0 Å². The minimum Gasteiger partial charge on any atom is -0.480 e. The van der Waals surface area contributed by atoms with E-state index in [1.807, 2.05) is 4.72 Å². The molecule has 174 valence electrons. The molecule has 0 spiro atoms. The highest BCUT2D eigenvalue weighted by Crippen LogP contribution is 2.19. The second-order valence-electron chi connectivity index (χ2n) is 7.25. The predicted molar refractivity (Wildman–Crippen MR) is 109 cm³/mol. The fourth-order valence-electron chi connectivity index (χ4n) is 2.23. The van der Waals surface area contributed by atoms with E-state index in [1.165, 1.54) is 20.8 Å². The molecule has 0 saturated carbocycles. The van der Waals surface area contributed by atoms with Crippen molar-refractivity contribution in [2.24, 2.45) is 5.41 Å². The maximum Gasteiger partial charge on any atom is 0.408 e. The van der Waals surface area contributed by atoms with Crippen molar-refractivity contribution in [1.29, 1.82) is 0 Å². The van der Waals surface area contributed by atoms with Crippen LogP contribution in [-0.4, -0.2) is 56.9 Å². The Bertz CT molecular complexity index is 856. The van der Waals surface area contributed by atoms with Gasteiger partial charge in [-0.05, 0) is 33.3 Å². The maximum absolute atomic E-state index is 12.2. The third-order valence-corrected chi connectivity index (χ3v) is 5.07. The molecule has 0 unspecified atom stereocenters. The third-order valence-electron chi connectivity index (χ3n) is 3.99. The average molecular weight is 461 g/mol. The highest BCUT2D eigenvalue weighted by molar-refractivity contribution is 7.84. The summed E-state index contributed by atoms with van der Waals surface area (Å²) in [6, 6.07) is 5.78. The summed E-state index contributed by atoms with van der Waals surface area (Å²) in [5.74, 6) is -2.14. The number of benzene rings is 1. The number of ether oxygens (including phenoxy) is 2. The number of carbonyl (C=O) groups is 3. The number of esters is 1. The number of rotatable bonds is 12. The number of nitrogens with one attached hydrogen (secondary N) is 2. The molecule has 0 fully saturated rings. The number of aliphatic carboxylic acids is 1. The minimum absolute atomic E-state index is 0.0921. The Kier molecular flexibility index (Phi) is 9.88. The van der Waals surface area contributed by atoms with Gasteiger partial charge in [0.25, 0.3) is 0 Å². The first kappa shape index (κ1) is 26.3. The molecule has 31 heavy (non-hydrogen) atoms. The summed E-state index contributed by atoms with van der Waals surface area (Å²) in [4.78, 5) is 35.3. The third kappa shape index (κ3) is 9.32. The first-order valence-corrected chi connectivity index (χ1v) is 10.8. The van der Waals surface area contributed by atoms with Gasteiger partial charge in [-0.15, -0.1) is 0 Å². The van der Waals surface area contributed by atoms with E-state index in [1.54, 1.807) is 37.3 Å². The van der Waals surface area contributed by atoms with Gasteiger partial charge in [-0.3, -0.25) is 8.98 Å². The Morgan fingerprint density at radius 2 is 1.74 bits per heavy atom. The molecule has 12 heteroatoms. The van der Waals surface area contributed by atoms with Gasteiger partial charge in [0.2, 0.25) is 0 Å². The number of hydrogen-bond acceptors (Lipinski definition) is 8. The van der Waals surface area contributed by atoms with Crippen LogP contribution in [0.4, 0.5) is 4.79 Å². The van der Waals surface area contributed by atoms with E-state index in [0.29, 0.717) is 5.56 Å². The Balaban J connectivity index is 2.66. The molecule has 1 aromatic rings. The zero-order valence-electron chi connectivity index (χ0n) is 17.8. The topological polar surface area (TPSA) is 157 Å². The van der Waals surface area contributed by atoms with Crippen LogP contribution in [0, 0.1) is 5.41 Å². The first-order chi connectivity index (χ1) is 14.4. The van der Waals surface area contributed by atoms with Crippen molar-refractivity contribution in [2.75, 3.05) is 13.2 Å². The second kappa shape index (κ2) is 11.6. The standard InChI is InChI=1S/C19H28N2O9S/c1-5-28-17(24)19(3,4)12-30-31(26,27)21-13(2)15(16(22)23)20-18(25)29-11-14-9-7-6-8-10-14/h6-10,13,15,21H,5,11-12H2,1-4H3,(H,20,25)(H,22,23)/t13-,15-/m0/s1. The van der Waals surface area contributed by atoms with Crippen molar-refractivity contribution < 1.29 is 41.6 Å². The van der Waals surface area contributed by atoms with Gasteiger partial charge >= 0.3 is 28.3 Å². The van der Waals surface area contributed by atoms with Gasteiger partial charge in [-0.25, -0.2) is 9.59 Å². The van der Waals surface area contributed by atoms with Gasteiger partial charge in [0.05, 0.1) is 24.7 Å². The highest BCUT2D eigenvalue weighted by atomic mass is 32.2. The molecule has 0 radical (unpaired) electrons. The number of carboxylic acids is 1. The summed E-state index contributed by atoms with van der Waals surface area (Å²) in [5, 5.41) is 11.5. The van der Waals surface area contributed by atoms with Gasteiger partial charge in [0, 0.05) is 0 Å². The Morgan fingerprint density at radius 3 is 2.29 bits per heavy atom. The lowest BCUT2D eigenvalue weighted by Gasteiger charge is -2.24. The number of carbonyl (C=O) groups excluding carboxylic acids is 2. The van der Waals surface area contributed by atoms with Gasteiger partial charge in [0.1, 0.15) is 12.6 Å². The van der Waals surface area contributed by atoms with Crippen LogP contribution >= 0.6 is 0 Å². The summed E-state index contributed by atoms with van der Waals surface area (Å²) in [6.07, 6.45) is -1.04. The largest absolute Gasteiger partial charge is 0.480 e. The molecular weight excluding hydrogens is 432 g/mol. The van der Waals surface area contributed by atoms with Crippen LogP contribution in [0.15, 0.2) is 30.3 Å². The fraction of sp³-hybridized carbons (Fsp3) is 0.526. The molecule has 11 nitrogen and oxygen atoms in total. The lowest BCUT2D eigenvalue weighted by Crippen LogP contribution is -2.54. The van der Waals surface area contributed by atoms with E-state index in [2.05, 4.69) is 5.32 Å². The molecule has 3 N–H and O–H groups in total. The molecule has 0 heterocycles. The molecule has 0 aromatic heterocycles. The monoisotopic (exact) mass is 460 g/mol. The molecular formula is C19H28N2O9S. The van der Waals surface area contributed by atoms with Crippen LogP contribution in [0.25, 0.3) is 0 Å². The number of carboxylic acid groups (broad SMARTS) is 1. The number of amides is 1. The Labute approximate surface area is 181 Å². The van der Waals surface area contributed by atoms with Crippen molar-refractivity contribution in [3.63, 3.8) is 0 Å². The summed E-state index contributed by atoms with van der Waals surface area (Å²) in [7, 11) is -4.45. The first-order valence-electron chi connectivity index (χ1n) is 9.42. The average Bonchev–Trinajstić information content (AvgIpc) is 2.69. The van der Waals surface area contributed by atoms with E-state index >= 15 is 0 Å². The predicted octanol–water partition coefficient (Wildman–Crippen LogP) is 1.19. The van der Waals surface area contributed by atoms with Gasteiger partial charge in [-0.1, -0.05) is 30.3 Å². The summed E-state index contributed by atoms with van der Waals surface area (Å²) < 4.78 is 40.9. The number of hydrogen-bond donors (Lipinski definition) is 3. The molecule has 1 amide bonds. The Morgan fingerprint density at radius 1 is 1.13 bits per heavy atom. The van der Waals surface area contributed by atoms with Crippen molar-refractivity contribution in [2.45, 2.75) is 46.4 Å². The molecule has 1 aromatic carbocycles. The lowest BCUT2D eigenvalue weighted by atomic mass is 9.95. The normalized spacial score (nSPS) is 13.7. The van der Waals surface area contributed by atoms with Crippen LogP contribution < -0.4 is 10.0 Å². The molecule has 2 atom stereocenters. The summed E-state index contributed by atoms with van der Waals surface area (Å²) >= 11 is 0. The van der Waals surface area contributed by atoms with Crippen molar-refractivity contribution in [3.05, 3.63) is 35.9 Å². The van der Waals surface area contributed by atoms with Crippen LogP contribution in [0.2, 0.25) is 0 Å². The molecule has 0 aliphatic heterocycles. The maximum atomic E-state index is 12.2. The van der Waals surface area contributed by atoms with E-state index < -0.39 is 52.4 Å². The highest BCUT2D eigenvalue weighted by Gasteiger charge is 2.34. The van der Waals surface area contributed by atoms with Gasteiger partial charge in [-0.2, -0.15) is 13.1 Å². The molecule has 0 aliphatic rings. The second-order valence-corrected chi connectivity index (χ2v) is 8.63. The molecule has 1 rings (SSSR count). The molecule has 0 bridgehead atoms. The van der Waals surface area contributed by atoms with Crippen molar-refractivity contribution >= 4 is 28.3 Å². The zero-order chi connectivity index (χ0) is 23.7. The quantitative estimate of drug-likeness (QED) is 0.390. The molecule has 0 aliphatic carbocycles. The summed E-state index contributed by atoms with van der Waals surface area (Å²) in [5.41, 5.74) is -0.560. The van der Waals surface area contributed by atoms with E-state index in [-0.39, 0.29) is 13.2 Å². The van der Waals surface area contributed by atoms with E-state index in [0.717, 1.165) is 0 Å².